The minimum Gasteiger partial charge on any atom is -0.337 e. The molecule has 0 fully saturated rings. The van der Waals surface area contributed by atoms with Gasteiger partial charge in [-0.2, -0.15) is 5.26 Å². The number of aromatic nitrogens is 2. The summed E-state index contributed by atoms with van der Waals surface area (Å²) in [4.78, 5) is 4.21. The first-order chi connectivity index (χ1) is 15.5. The van der Waals surface area contributed by atoms with Crippen molar-refractivity contribution in [3.05, 3.63) is 83.9 Å². The molecule has 0 spiro atoms. The molecule has 1 heterocycles. The molecule has 0 radical (unpaired) electrons. The Hall–Kier alpha value is -2.99. The van der Waals surface area contributed by atoms with E-state index < -0.39 is 10.0 Å². The molecule has 0 aliphatic carbocycles. The Morgan fingerprint density at radius 1 is 1.09 bits per heavy atom. The molecule has 1 aromatic heterocycles. The summed E-state index contributed by atoms with van der Waals surface area (Å²) in [5, 5.41) is 12.3. The molecule has 1 unspecified atom stereocenters. The zero-order valence-electron chi connectivity index (χ0n) is 18.2. The normalized spacial score (nSPS) is 12.4. The van der Waals surface area contributed by atoms with E-state index in [1.807, 2.05) is 18.6 Å². The van der Waals surface area contributed by atoms with Crippen LogP contribution in [0.1, 0.15) is 36.0 Å². The SMILES string of the molecule is CC(CNCCCn1ccnc1)c1ccc(CCNS(=O)(=O)c2ccc(C#N)cc2)cc1. The van der Waals surface area contributed by atoms with Crippen molar-refractivity contribution in [2.75, 3.05) is 19.6 Å². The average molecular weight is 452 g/mol. The van der Waals surface area contributed by atoms with E-state index in [0.717, 1.165) is 31.6 Å². The molecular weight excluding hydrogens is 422 g/mol. The van der Waals surface area contributed by atoms with E-state index in [-0.39, 0.29) is 4.90 Å². The Balaban J connectivity index is 1.39. The van der Waals surface area contributed by atoms with Gasteiger partial charge in [-0.3, -0.25) is 0 Å². The number of imidazole rings is 1. The van der Waals surface area contributed by atoms with Gasteiger partial charge in [-0.05, 0) is 60.7 Å². The largest absolute Gasteiger partial charge is 0.337 e. The molecule has 0 saturated carbocycles. The molecule has 2 aromatic carbocycles. The first kappa shape index (κ1) is 23.7. The summed E-state index contributed by atoms with van der Waals surface area (Å²) < 4.78 is 29.4. The molecule has 3 aromatic rings. The summed E-state index contributed by atoms with van der Waals surface area (Å²) in [6.45, 7) is 5.35. The summed E-state index contributed by atoms with van der Waals surface area (Å²) >= 11 is 0. The van der Waals surface area contributed by atoms with Gasteiger partial charge in [-0.25, -0.2) is 18.1 Å². The molecule has 168 valence electrons. The highest BCUT2D eigenvalue weighted by atomic mass is 32.2. The highest BCUT2D eigenvalue weighted by Gasteiger charge is 2.13. The second kappa shape index (κ2) is 11.6. The van der Waals surface area contributed by atoms with Gasteiger partial charge < -0.3 is 9.88 Å². The third-order valence-corrected chi connectivity index (χ3v) is 6.80. The van der Waals surface area contributed by atoms with Crippen LogP contribution in [-0.2, 0) is 23.0 Å². The summed E-state index contributed by atoms with van der Waals surface area (Å²) in [5.41, 5.74) is 2.77. The predicted molar refractivity (Wildman–Crippen MR) is 125 cm³/mol. The third-order valence-electron chi connectivity index (χ3n) is 5.33. The van der Waals surface area contributed by atoms with Crippen LogP contribution in [0, 0.1) is 11.3 Å². The first-order valence-corrected chi connectivity index (χ1v) is 12.2. The second-order valence-electron chi connectivity index (χ2n) is 7.78. The molecular formula is C24H29N5O2S. The van der Waals surface area contributed by atoms with Crippen molar-refractivity contribution < 1.29 is 8.42 Å². The smallest absolute Gasteiger partial charge is 0.240 e. The number of hydrogen-bond donors (Lipinski definition) is 2. The highest BCUT2D eigenvalue weighted by molar-refractivity contribution is 7.89. The van der Waals surface area contributed by atoms with Crippen LogP contribution in [0.5, 0.6) is 0 Å². The molecule has 8 heteroatoms. The van der Waals surface area contributed by atoms with Crippen LogP contribution in [0.2, 0.25) is 0 Å². The van der Waals surface area contributed by atoms with Crippen molar-refractivity contribution in [2.24, 2.45) is 0 Å². The Morgan fingerprint density at radius 2 is 1.84 bits per heavy atom. The fraction of sp³-hybridized carbons (Fsp3) is 0.333. The quantitative estimate of drug-likeness (QED) is 0.412. The fourth-order valence-electron chi connectivity index (χ4n) is 3.38. The maximum atomic E-state index is 12.4. The van der Waals surface area contributed by atoms with Gasteiger partial charge in [0.25, 0.3) is 0 Å². The van der Waals surface area contributed by atoms with E-state index >= 15 is 0 Å². The van der Waals surface area contributed by atoms with Crippen LogP contribution >= 0.6 is 0 Å². The van der Waals surface area contributed by atoms with Crippen molar-refractivity contribution in [1.29, 1.82) is 5.26 Å². The van der Waals surface area contributed by atoms with Crippen LogP contribution in [0.15, 0.2) is 72.1 Å². The first-order valence-electron chi connectivity index (χ1n) is 10.7. The van der Waals surface area contributed by atoms with Gasteiger partial charge in [0.05, 0.1) is 22.9 Å². The molecule has 3 rings (SSSR count). The molecule has 0 aliphatic rings. The number of benzene rings is 2. The maximum Gasteiger partial charge on any atom is 0.240 e. The van der Waals surface area contributed by atoms with Crippen molar-refractivity contribution in [2.45, 2.75) is 37.1 Å². The van der Waals surface area contributed by atoms with E-state index in [4.69, 9.17) is 5.26 Å². The monoisotopic (exact) mass is 451 g/mol. The molecule has 7 nitrogen and oxygen atoms in total. The average Bonchev–Trinajstić information content (AvgIpc) is 3.33. The molecule has 0 bridgehead atoms. The number of rotatable bonds is 12. The van der Waals surface area contributed by atoms with E-state index in [9.17, 15) is 8.42 Å². The van der Waals surface area contributed by atoms with Gasteiger partial charge >= 0.3 is 0 Å². The number of nitriles is 1. The highest BCUT2D eigenvalue weighted by Crippen LogP contribution is 2.16. The van der Waals surface area contributed by atoms with E-state index in [1.54, 1.807) is 6.20 Å². The Labute approximate surface area is 190 Å². The van der Waals surface area contributed by atoms with Gasteiger partial charge in [0.15, 0.2) is 0 Å². The summed E-state index contributed by atoms with van der Waals surface area (Å²) in [5.74, 6) is 0.396. The zero-order chi connectivity index (χ0) is 22.8. The Kier molecular flexibility index (Phi) is 8.56. The van der Waals surface area contributed by atoms with Crippen molar-refractivity contribution in [1.82, 2.24) is 19.6 Å². The Morgan fingerprint density at radius 3 is 2.50 bits per heavy atom. The van der Waals surface area contributed by atoms with Crippen LogP contribution < -0.4 is 10.0 Å². The second-order valence-corrected chi connectivity index (χ2v) is 9.55. The lowest BCUT2D eigenvalue weighted by atomic mass is 9.99. The van der Waals surface area contributed by atoms with Crippen molar-refractivity contribution in [3.63, 3.8) is 0 Å². The fourth-order valence-corrected chi connectivity index (χ4v) is 4.41. The lowest BCUT2D eigenvalue weighted by Gasteiger charge is -2.14. The van der Waals surface area contributed by atoms with Crippen molar-refractivity contribution in [3.8, 4) is 6.07 Å². The predicted octanol–water partition coefficient (Wildman–Crippen LogP) is 3.06. The summed E-state index contributed by atoms with van der Waals surface area (Å²) in [6, 6.07) is 16.2. The van der Waals surface area contributed by atoms with Crippen LogP contribution in [-0.4, -0.2) is 37.6 Å². The standard InChI is InChI=1S/C24H29N5O2S/c1-20(18-26-12-2-15-29-16-14-27-19-29)23-7-3-21(4-8-23)11-13-28-32(30,31)24-9-5-22(17-25)6-10-24/h3-10,14,16,19-20,26,28H,2,11-13,15,18H2,1H3. The number of nitrogens with one attached hydrogen (secondary N) is 2. The van der Waals surface area contributed by atoms with Crippen molar-refractivity contribution >= 4 is 10.0 Å². The van der Waals surface area contributed by atoms with Gasteiger partial charge in [-0.1, -0.05) is 31.2 Å². The molecule has 0 saturated heterocycles. The maximum absolute atomic E-state index is 12.4. The van der Waals surface area contributed by atoms with Crippen LogP contribution in [0.3, 0.4) is 0 Å². The molecule has 32 heavy (non-hydrogen) atoms. The number of sulfonamides is 1. The van der Waals surface area contributed by atoms with Gasteiger partial charge in [0.2, 0.25) is 10.0 Å². The van der Waals surface area contributed by atoms with Gasteiger partial charge in [-0.15, -0.1) is 0 Å². The van der Waals surface area contributed by atoms with E-state index in [0.29, 0.717) is 24.4 Å². The van der Waals surface area contributed by atoms with E-state index in [1.165, 1.54) is 29.8 Å². The lowest BCUT2D eigenvalue weighted by Crippen LogP contribution is -2.26. The van der Waals surface area contributed by atoms with Gasteiger partial charge in [0, 0.05) is 32.0 Å². The van der Waals surface area contributed by atoms with Crippen LogP contribution in [0.4, 0.5) is 0 Å². The number of hydrogen-bond acceptors (Lipinski definition) is 5. The van der Waals surface area contributed by atoms with E-state index in [2.05, 4.69) is 50.8 Å². The number of aryl methyl sites for hydroxylation is 1. The summed E-state index contributed by atoms with van der Waals surface area (Å²) in [6.07, 6.45) is 7.27. The topological polar surface area (TPSA) is 99.8 Å². The minimum absolute atomic E-state index is 0.165. The van der Waals surface area contributed by atoms with Crippen LogP contribution in [0.25, 0.3) is 0 Å². The molecule has 1 atom stereocenters. The van der Waals surface area contributed by atoms with Gasteiger partial charge in [0.1, 0.15) is 0 Å². The molecule has 2 N–H and O–H groups in total. The number of nitrogens with zero attached hydrogens (tertiary/aromatic N) is 3. The minimum atomic E-state index is -3.58. The molecule has 0 aliphatic heterocycles. The third kappa shape index (κ3) is 7.02. The zero-order valence-corrected chi connectivity index (χ0v) is 19.1. The molecule has 0 amide bonds. The Bertz CT molecular complexity index is 1100. The lowest BCUT2D eigenvalue weighted by molar-refractivity contribution is 0.556. The summed E-state index contributed by atoms with van der Waals surface area (Å²) in [7, 11) is -3.58.